The third-order valence-electron chi connectivity index (χ3n) is 5.20. The van der Waals surface area contributed by atoms with Gasteiger partial charge in [0, 0.05) is 11.1 Å². The second-order valence-corrected chi connectivity index (χ2v) is 7.43. The summed E-state index contributed by atoms with van der Waals surface area (Å²) < 4.78 is 41.2. The predicted molar refractivity (Wildman–Crippen MR) is 109 cm³/mol. The van der Waals surface area contributed by atoms with E-state index in [0.29, 0.717) is 17.1 Å². The van der Waals surface area contributed by atoms with Crippen molar-refractivity contribution in [1.82, 2.24) is 9.78 Å². The van der Waals surface area contributed by atoms with Gasteiger partial charge in [0.25, 0.3) is 0 Å². The highest BCUT2D eigenvalue weighted by Gasteiger charge is 2.37. The minimum Gasteiger partial charge on any atom is -0.324 e. The Labute approximate surface area is 176 Å². The van der Waals surface area contributed by atoms with Crippen molar-refractivity contribution < 1.29 is 22.8 Å². The van der Waals surface area contributed by atoms with E-state index in [1.807, 2.05) is 31.2 Å². The predicted octanol–water partition coefficient (Wildman–Crippen LogP) is 4.71. The van der Waals surface area contributed by atoms with Crippen LogP contribution >= 0.6 is 0 Å². The molecule has 1 aliphatic heterocycles. The molecule has 9 heteroatoms. The number of aromatic nitrogens is 2. The van der Waals surface area contributed by atoms with Crippen molar-refractivity contribution in [2.45, 2.75) is 32.5 Å². The molecule has 2 N–H and O–H groups in total. The quantitative estimate of drug-likeness (QED) is 0.635. The van der Waals surface area contributed by atoms with Crippen molar-refractivity contribution in [3.63, 3.8) is 0 Å². The molecule has 0 saturated carbocycles. The minimum atomic E-state index is -4.63. The third-order valence-corrected chi connectivity index (χ3v) is 5.20. The Kier molecular flexibility index (Phi) is 5.04. The molecule has 0 aliphatic carbocycles. The van der Waals surface area contributed by atoms with Crippen LogP contribution in [0.4, 0.5) is 24.7 Å². The lowest BCUT2D eigenvalue weighted by Crippen LogP contribution is -2.36. The Bertz CT molecular complexity index is 1170. The number of alkyl halides is 3. The third kappa shape index (κ3) is 3.90. The smallest absolute Gasteiger partial charge is 0.324 e. The van der Waals surface area contributed by atoms with Crippen molar-refractivity contribution in [1.29, 1.82) is 0 Å². The molecule has 0 radical (unpaired) electrons. The van der Waals surface area contributed by atoms with Crippen molar-refractivity contribution in [3.05, 3.63) is 65.2 Å². The lowest BCUT2D eigenvalue weighted by Gasteiger charge is -2.24. The summed E-state index contributed by atoms with van der Waals surface area (Å²) in [5.41, 5.74) is 1.81. The maximum atomic E-state index is 13.3. The van der Waals surface area contributed by atoms with Gasteiger partial charge < -0.3 is 10.6 Å². The van der Waals surface area contributed by atoms with Crippen LogP contribution in [0.2, 0.25) is 0 Å². The summed E-state index contributed by atoms with van der Waals surface area (Å²) in [7, 11) is 0. The molecular formula is C22H19F3N4O2. The fraction of sp³-hybridized carbons (Fsp3) is 0.227. The van der Waals surface area contributed by atoms with Gasteiger partial charge in [0.15, 0.2) is 0 Å². The summed E-state index contributed by atoms with van der Waals surface area (Å²) >= 11 is 0. The molecule has 1 aromatic heterocycles. The molecule has 2 amide bonds. The molecule has 1 aliphatic rings. The minimum absolute atomic E-state index is 0.235. The molecule has 0 unspecified atom stereocenters. The standard InChI is InChI=1S/C22H19F3N4O2/c1-12-7-9-14(10-8-12)19-13(2)20-27-18(30)11-17(29(20)28-19)21(31)26-16-6-4-3-5-15(16)22(23,24)25/h3-10,17H,11H2,1-2H3,(H,26,31)(H,27,30)/t17-/m1/s1. The van der Waals surface area contributed by atoms with Gasteiger partial charge in [-0.1, -0.05) is 42.0 Å². The van der Waals surface area contributed by atoms with E-state index < -0.39 is 29.6 Å². The molecule has 0 saturated heterocycles. The van der Waals surface area contributed by atoms with E-state index in [9.17, 15) is 22.8 Å². The molecule has 2 aromatic carbocycles. The number of hydrogen-bond acceptors (Lipinski definition) is 3. The van der Waals surface area contributed by atoms with Crippen LogP contribution in [0.15, 0.2) is 48.5 Å². The fourth-order valence-electron chi connectivity index (χ4n) is 3.58. The number of aryl methyl sites for hydroxylation is 1. The number of fused-ring (bicyclic) bond motifs is 1. The van der Waals surface area contributed by atoms with Crippen LogP contribution < -0.4 is 10.6 Å². The van der Waals surface area contributed by atoms with Gasteiger partial charge in [0.1, 0.15) is 11.9 Å². The second-order valence-electron chi connectivity index (χ2n) is 7.43. The first-order valence-electron chi connectivity index (χ1n) is 9.58. The first-order valence-corrected chi connectivity index (χ1v) is 9.58. The molecule has 3 aromatic rings. The molecule has 0 fully saturated rings. The van der Waals surface area contributed by atoms with Gasteiger partial charge >= 0.3 is 6.18 Å². The van der Waals surface area contributed by atoms with E-state index >= 15 is 0 Å². The van der Waals surface area contributed by atoms with Crippen molar-refractivity contribution >= 4 is 23.3 Å². The van der Waals surface area contributed by atoms with Crippen molar-refractivity contribution in [2.24, 2.45) is 0 Å². The molecule has 160 valence electrons. The maximum absolute atomic E-state index is 13.3. The van der Waals surface area contributed by atoms with Gasteiger partial charge in [-0.15, -0.1) is 0 Å². The van der Waals surface area contributed by atoms with Crippen LogP contribution in [-0.2, 0) is 15.8 Å². The summed E-state index contributed by atoms with van der Waals surface area (Å²) in [5.74, 6) is -0.794. The molecule has 0 bridgehead atoms. The van der Waals surface area contributed by atoms with E-state index in [-0.39, 0.29) is 12.1 Å². The number of carbonyl (C=O) groups excluding carboxylic acids is 2. The number of halogens is 3. The lowest BCUT2D eigenvalue weighted by molar-refractivity contribution is -0.137. The number of anilines is 2. The fourth-order valence-corrected chi connectivity index (χ4v) is 3.58. The highest BCUT2D eigenvalue weighted by molar-refractivity contribution is 6.02. The average molecular weight is 428 g/mol. The number of nitrogens with zero attached hydrogens (tertiary/aromatic N) is 2. The molecule has 0 spiro atoms. The largest absolute Gasteiger partial charge is 0.418 e. The number of hydrogen-bond donors (Lipinski definition) is 2. The van der Waals surface area contributed by atoms with E-state index in [0.717, 1.165) is 17.2 Å². The highest BCUT2D eigenvalue weighted by Crippen LogP contribution is 2.37. The molecule has 4 rings (SSSR count). The SMILES string of the molecule is Cc1ccc(-c2nn3c(c2C)NC(=O)C[C@@H]3C(=O)Nc2ccccc2C(F)(F)F)cc1. The van der Waals surface area contributed by atoms with Gasteiger partial charge in [0.2, 0.25) is 11.8 Å². The molecule has 6 nitrogen and oxygen atoms in total. The van der Waals surface area contributed by atoms with Gasteiger partial charge in [-0.05, 0) is 26.0 Å². The van der Waals surface area contributed by atoms with Gasteiger partial charge in [-0.2, -0.15) is 18.3 Å². The normalized spacial score (nSPS) is 15.9. The van der Waals surface area contributed by atoms with Crippen LogP contribution in [-0.4, -0.2) is 21.6 Å². The number of carbonyl (C=O) groups is 2. The van der Waals surface area contributed by atoms with E-state index in [1.165, 1.54) is 22.9 Å². The second kappa shape index (κ2) is 7.57. The average Bonchev–Trinajstić information content (AvgIpc) is 3.04. The molecule has 31 heavy (non-hydrogen) atoms. The number of nitrogens with one attached hydrogen (secondary N) is 2. The summed E-state index contributed by atoms with van der Waals surface area (Å²) in [4.78, 5) is 25.2. The highest BCUT2D eigenvalue weighted by atomic mass is 19.4. The maximum Gasteiger partial charge on any atom is 0.418 e. The summed E-state index contributed by atoms with van der Waals surface area (Å²) in [6.07, 6.45) is -4.86. The van der Waals surface area contributed by atoms with Crippen LogP contribution in [0, 0.1) is 13.8 Å². The number of para-hydroxylation sites is 1. The van der Waals surface area contributed by atoms with E-state index in [4.69, 9.17) is 0 Å². The van der Waals surface area contributed by atoms with Crippen LogP contribution in [0.1, 0.15) is 29.2 Å². The zero-order chi connectivity index (χ0) is 22.3. The number of benzene rings is 2. The Hall–Kier alpha value is -3.62. The topological polar surface area (TPSA) is 76.0 Å². The van der Waals surface area contributed by atoms with E-state index in [2.05, 4.69) is 15.7 Å². The van der Waals surface area contributed by atoms with Crippen molar-refractivity contribution in [3.8, 4) is 11.3 Å². The summed E-state index contributed by atoms with van der Waals surface area (Å²) in [5, 5.41) is 9.56. The molecular weight excluding hydrogens is 409 g/mol. The Balaban J connectivity index is 1.70. The zero-order valence-electron chi connectivity index (χ0n) is 16.7. The molecule has 1 atom stereocenters. The Morgan fingerprint density at radius 3 is 2.48 bits per heavy atom. The van der Waals surface area contributed by atoms with Crippen LogP contribution in [0.25, 0.3) is 11.3 Å². The summed E-state index contributed by atoms with van der Waals surface area (Å²) in [6, 6.07) is 11.2. The van der Waals surface area contributed by atoms with Gasteiger partial charge in [0.05, 0.1) is 23.4 Å². The van der Waals surface area contributed by atoms with E-state index in [1.54, 1.807) is 6.92 Å². The van der Waals surface area contributed by atoms with Crippen LogP contribution in [0.3, 0.4) is 0 Å². The first kappa shape index (κ1) is 20.6. The zero-order valence-corrected chi connectivity index (χ0v) is 16.7. The molecule has 2 heterocycles. The van der Waals surface area contributed by atoms with Gasteiger partial charge in [-0.3, -0.25) is 9.59 Å². The monoisotopic (exact) mass is 428 g/mol. The van der Waals surface area contributed by atoms with Gasteiger partial charge in [-0.25, -0.2) is 4.68 Å². The first-order chi connectivity index (χ1) is 14.6. The Morgan fingerprint density at radius 2 is 1.81 bits per heavy atom. The Morgan fingerprint density at radius 1 is 1.13 bits per heavy atom. The number of amides is 2. The number of rotatable bonds is 3. The summed E-state index contributed by atoms with van der Waals surface area (Å²) in [6.45, 7) is 3.72. The van der Waals surface area contributed by atoms with Crippen LogP contribution in [0.5, 0.6) is 0 Å². The lowest BCUT2D eigenvalue weighted by atomic mass is 10.1. The van der Waals surface area contributed by atoms with Crippen molar-refractivity contribution in [2.75, 3.05) is 10.6 Å².